The number of phenolic OH excluding ortho intramolecular Hbond substituents is 1. The summed E-state index contributed by atoms with van der Waals surface area (Å²) in [6.07, 6.45) is 1.30. The minimum atomic E-state index is -0.551. The van der Waals surface area contributed by atoms with Crippen molar-refractivity contribution in [2.24, 2.45) is 5.73 Å². The van der Waals surface area contributed by atoms with Crippen molar-refractivity contribution in [3.63, 3.8) is 0 Å². The molecule has 0 spiro atoms. The van der Waals surface area contributed by atoms with Crippen LogP contribution in [-0.2, 0) is 0 Å². The van der Waals surface area contributed by atoms with Crippen molar-refractivity contribution in [1.82, 2.24) is 0 Å². The van der Waals surface area contributed by atoms with E-state index >= 15 is 0 Å². The van der Waals surface area contributed by atoms with Gasteiger partial charge in [0.25, 0.3) is 0 Å². The lowest BCUT2D eigenvalue weighted by Gasteiger charge is -2.07. The molecule has 136 valence electrons. The van der Waals surface area contributed by atoms with Gasteiger partial charge in [-0.3, -0.25) is 0 Å². The van der Waals surface area contributed by atoms with Crippen LogP contribution in [0.1, 0.15) is 44.4 Å². The van der Waals surface area contributed by atoms with Crippen LogP contribution in [0.25, 0.3) is 5.70 Å². The number of hydrogen-bond donors (Lipinski definition) is 4. The first-order chi connectivity index (χ1) is 11.9. The molecular weight excluding hydrogens is 317 g/mol. The highest BCUT2D eigenvalue weighted by Gasteiger charge is 2.09. The highest BCUT2D eigenvalue weighted by atomic mass is 19.1. The summed E-state index contributed by atoms with van der Waals surface area (Å²) >= 11 is 0. The zero-order valence-electron chi connectivity index (χ0n) is 15.5. The Balaban J connectivity index is 0.00000134. The van der Waals surface area contributed by atoms with Gasteiger partial charge in [0, 0.05) is 22.5 Å². The Hall–Kier alpha value is -2.82. The second kappa shape index (κ2) is 10.9. The molecule has 0 aliphatic rings. The zero-order chi connectivity index (χ0) is 19.6. The SMILES string of the molecule is CC.CC.Cc1ccc(C(=N)/C=C(\N)c2ccc(N)cc2F)c(O)c1. The van der Waals surface area contributed by atoms with E-state index in [4.69, 9.17) is 16.9 Å². The molecule has 25 heavy (non-hydrogen) atoms. The number of phenols is 1. The molecule has 0 heterocycles. The van der Waals surface area contributed by atoms with Crippen LogP contribution in [0.15, 0.2) is 42.5 Å². The predicted molar refractivity (Wildman–Crippen MR) is 105 cm³/mol. The lowest BCUT2D eigenvalue weighted by atomic mass is 10.0. The van der Waals surface area contributed by atoms with E-state index in [9.17, 15) is 9.50 Å². The summed E-state index contributed by atoms with van der Waals surface area (Å²) in [4.78, 5) is 0. The topological polar surface area (TPSA) is 96.1 Å². The molecule has 2 aromatic rings. The van der Waals surface area contributed by atoms with Gasteiger partial charge in [0.2, 0.25) is 0 Å². The molecule has 2 rings (SSSR count). The van der Waals surface area contributed by atoms with Gasteiger partial charge >= 0.3 is 0 Å². The van der Waals surface area contributed by atoms with Gasteiger partial charge < -0.3 is 22.0 Å². The first-order valence-electron chi connectivity index (χ1n) is 8.29. The van der Waals surface area contributed by atoms with Gasteiger partial charge in [-0.25, -0.2) is 4.39 Å². The van der Waals surface area contributed by atoms with E-state index in [0.717, 1.165) is 5.56 Å². The van der Waals surface area contributed by atoms with Crippen molar-refractivity contribution in [2.45, 2.75) is 34.6 Å². The fourth-order valence-corrected chi connectivity index (χ4v) is 1.95. The van der Waals surface area contributed by atoms with Gasteiger partial charge in [-0.15, -0.1) is 0 Å². The molecule has 0 saturated carbocycles. The molecule has 0 aliphatic carbocycles. The number of benzene rings is 2. The number of anilines is 1. The zero-order valence-corrected chi connectivity index (χ0v) is 15.5. The lowest BCUT2D eigenvalue weighted by molar-refractivity contribution is 0.474. The highest BCUT2D eigenvalue weighted by Crippen LogP contribution is 2.22. The Labute approximate surface area is 149 Å². The van der Waals surface area contributed by atoms with Crippen LogP contribution in [0.3, 0.4) is 0 Å². The van der Waals surface area contributed by atoms with Gasteiger partial charge in [0.15, 0.2) is 0 Å². The monoisotopic (exact) mass is 345 g/mol. The van der Waals surface area contributed by atoms with Gasteiger partial charge in [0.05, 0.1) is 5.71 Å². The number of hydrogen-bond acceptors (Lipinski definition) is 4. The molecule has 0 saturated heterocycles. The van der Waals surface area contributed by atoms with Crippen LogP contribution in [-0.4, -0.2) is 10.8 Å². The molecule has 0 unspecified atom stereocenters. The van der Waals surface area contributed by atoms with Crippen LogP contribution in [0.5, 0.6) is 5.75 Å². The molecule has 4 nitrogen and oxygen atoms in total. The van der Waals surface area contributed by atoms with Crippen LogP contribution in [0.4, 0.5) is 10.1 Å². The number of aromatic hydroxyl groups is 1. The van der Waals surface area contributed by atoms with Crippen LogP contribution >= 0.6 is 0 Å². The molecule has 0 atom stereocenters. The fraction of sp³-hybridized carbons (Fsp3) is 0.250. The smallest absolute Gasteiger partial charge is 0.134 e. The van der Waals surface area contributed by atoms with Gasteiger partial charge in [-0.1, -0.05) is 33.8 Å². The number of nitrogen functional groups attached to an aromatic ring is 1. The van der Waals surface area contributed by atoms with Crippen LogP contribution in [0.2, 0.25) is 0 Å². The van der Waals surface area contributed by atoms with Gasteiger partial charge in [0.1, 0.15) is 11.6 Å². The summed E-state index contributed by atoms with van der Waals surface area (Å²) in [6.45, 7) is 9.83. The molecule has 5 heteroatoms. The van der Waals surface area contributed by atoms with E-state index in [1.807, 2.05) is 34.6 Å². The molecule has 0 fully saturated rings. The highest BCUT2D eigenvalue weighted by molar-refractivity contribution is 6.11. The number of nitrogens with two attached hydrogens (primary N) is 2. The standard InChI is InChI=1S/C16H16FN3O.2C2H6/c1-9-2-4-12(16(21)6-9)15(20)8-14(19)11-5-3-10(18)7-13(11)17;2*1-2/h2-8,20-21H,18-19H2,1H3;2*1-2H3/b14-8-,20-15?;;. The Morgan fingerprint density at radius 2 is 1.60 bits per heavy atom. The molecule has 6 N–H and O–H groups in total. The summed E-state index contributed by atoms with van der Waals surface area (Å²) in [5.41, 5.74) is 13.1. The first-order valence-corrected chi connectivity index (χ1v) is 8.29. The second-order valence-electron chi connectivity index (χ2n) is 4.77. The van der Waals surface area contributed by atoms with E-state index in [-0.39, 0.29) is 22.7 Å². The van der Waals surface area contributed by atoms with Crippen molar-refractivity contribution < 1.29 is 9.50 Å². The van der Waals surface area contributed by atoms with Gasteiger partial charge in [-0.05, 0) is 48.9 Å². The average molecular weight is 345 g/mol. The molecule has 0 amide bonds. The third-order valence-corrected chi connectivity index (χ3v) is 3.05. The molecule has 2 aromatic carbocycles. The largest absolute Gasteiger partial charge is 0.507 e. The molecule has 0 aromatic heterocycles. The number of aryl methyl sites for hydroxylation is 1. The van der Waals surface area contributed by atoms with Crippen LogP contribution < -0.4 is 11.5 Å². The molecule has 0 bridgehead atoms. The summed E-state index contributed by atoms with van der Waals surface area (Å²) in [7, 11) is 0. The maximum absolute atomic E-state index is 13.8. The second-order valence-corrected chi connectivity index (χ2v) is 4.77. The van der Waals surface area contributed by atoms with E-state index in [1.165, 1.54) is 24.3 Å². The average Bonchev–Trinajstić information content (AvgIpc) is 2.58. The van der Waals surface area contributed by atoms with Crippen molar-refractivity contribution in [3.8, 4) is 5.75 Å². The van der Waals surface area contributed by atoms with E-state index in [1.54, 1.807) is 18.2 Å². The Kier molecular flexibility index (Phi) is 9.64. The summed E-state index contributed by atoms with van der Waals surface area (Å²) < 4.78 is 13.8. The third kappa shape index (κ3) is 6.30. The minimum Gasteiger partial charge on any atom is -0.507 e. The lowest BCUT2D eigenvalue weighted by Crippen LogP contribution is -2.05. The summed E-state index contributed by atoms with van der Waals surface area (Å²) in [5, 5.41) is 17.8. The number of rotatable bonds is 3. The maximum Gasteiger partial charge on any atom is 0.134 e. The van der Waals surface area contributed by atoms with Crippen LogP contribution in [0, 0.1) is 18.2 Å². The molecule has 0 aliphatic heterocycles. The van der Waals surface area contributed by atoms with E-state index < -0.39 is 5.82 Å². The first kappa shape index (κ1) is 22.2. The van der Waals surface area contributed by atoms with Crippen molar-refractivity contribution in [3.05, 3.63) is 65.0 Å². The van der Waals surface area contributed by atoms with Crippen molar-refractivity contribution >= 4 is 17.1 Å². The Morgan fingerprint density at radius 3 is 2.12 bits per heavy atom. The van der Waals surface area contributed by atoms with Crippen molar-refractivity contribution in [2.75, 3.05) is 5.73 Å². The van der Waals surface area contributed by atoms with E-state index in [0.29, 0.717) is 11.3 Å². The molecule has 0 radical (unpaired) electrons. The minimum absolute atomic E-state index is 0.00113. The summed E-state index contributed by atoms with van der Waals surface area (Å²) in [6, 6.07) is 9.11. The Bertz CT molecular complexity index is 740. The Morgan fingerprint density at radius 1 is 1.04 bits per heavy atom. The van der Waals surface area contributed by atoms with Gasteiger partial charge in [-0.2, -0.15) is 0 Å². The summed E-state index contributed by atoms with van der Waals surface area (Å²) in [5.74, 6) is -0.563. The third-order valence-electron chi connectivity index (χ3n) is 3.05. The quantitative estimate of drug-likeness (QED) is 0.473. The number of nitrogens with one attached hydrogen (secondary N) is 1. The number of halogens is 1. The normalized spacial score (nSPS) is 10.1. The number of allylic oxidation sites excluding steroid dienone is 1. The van der Waals surface area contributed by atoms with Crippen molar-refractivity contribution in [1.29, 1.82) is 5.41 Å². The maximum atomic E-state index is 13.8. The molecular formula is C20H28FN3O. The fourth-order valence-electron chi connectivity index (χ4n) is 1.95. The van der Waals surface area contributed by atoms with E-state index in [2.05, 4.69) is 0 Å². The predicted octanol–water partition coefficient (Wildman–Crippen LogP) is 4.84.